The summed E-state index contributed by atoms with van der Waals surface area (Å²) in [5, 5.41) is 6.22. The molecule has 0 saturated carbocycles. The lowest BCUT2D eigenvalue weighted by molar-refractivity contribution is 0.0702. The molecule has 1 aliphatic heterocycles. The molecule has 6 nitrogen and oxygen atoms in total. The molecule has 1 fully saturated rings. The average Bonchev–Trinajstić information content (AvgIpc) is 2.89. The van der Waals surface area contributed by atoms with Crippen LogP contribution in [0.1, 0.15) is 23.0 Å². The topological polar surface area (TPSA) is 70.1 Å². The first-order valence-electron chi connectivity index (χ1n) is 7.46. The van der Waals surface area contributed by atoms with Crippen molar-refractivity contribution in [3.05, 3.63) is 51.9 Å². The van der Waals surface area contributed by atoms with Crippen LogP contribution in [0.15, 0.2) is 35.1 Å². The molecular formula is C16H20N4O2. The predicted octanol–water partition coefficient (Wildman–Crippen LogP) is 0.908. The highest BCUT2D eigenvalue weighted by atomic mass is 16.2. The number of aromatic amines is 1. The highest BCUT2D eigenvalue weighted by Crippen LogP contribution is 2.09. The molecule has 0 bridgehead atoms. The summed E-state index contributed by atoms with van der Waals surface area (Å²) < 4.78 is 1.40. The number of aromatic nitrogens is 2. The first-order chi connectivity index (χ1) is 10.5. The van der Waals surface area contributed by atoms with E-state index in [-0.39, 0.29) is 17.5 Å². The molecule has 1 saturated heterocycles. The van der Waals surface area contributed by atoms with Gasteiger partial charge in [-0.05, 0) is 26.0 Å². The summed E-state index contributed by atoms with van der Waals surface area (Å²) in [6, 6.07) is 9.21. The zero-order chi connectivity index (χ0) is 15.7. The van der Waals surface area contributed by atoms with Crippen LogP contribution in [0.25, 0.3) is 5.69 Å². The standard InChI is InChI=1S/C16H20N4O2/c1-11-3-5-13(6-4-11)20-15(21)9-14(18-20)16(22)19-8-7-17-12(2)10-19/h3-6,9,12,17-18H,7-8,10H2,1-2H3/t12-/m1/s1. The van der Waals surface area contributed by atoms with Crippen LogP contribution in [0.4, 0.5) is 0 Å². The molecule has 2 aromatic rings. The molecule has 1 aromatic carbocycles. The SMILES string of the molecule is Cc1ccc(-n2[nH]c(C(=O)N3CCN[C@H](C)C3)cc2=O)cc1. The molecule has 3 rings (SSSR count). The van der Waals surface area contributed by atoms with Crippen LogP contribution in [-0.2, 0) is 0 Å². The Balaban J connectivity index is 1.87. The minimum atomic E-state index is -0.226. The Morgan fingerprint density at radius 3 is 2.68 bits per heavy atom. The van der Waals surface area contributed by atoms with Gasteiger partial charge in [0.05, 0.1) is 5.69 Å². The van der Waals surface area contributed by atoms with E-state index in [1.54, 1.807) is 4.90 Å². The minimum absolute atomic E-state index is 0.128. The number of H-pyrrole nitrogens is 1. The van der Waals surface area contributed by atoms with Crippen molar-refractivity contribution in [3.63, 3.8) is 0 Å². The molecular weight excluding hydrogens is 280 g/mol. The Bertz CT molecular complexity index is 729. The van der Waals surface area contributed by atoms with Gasteiger partial charge in [0, 0.05) is 31.7 Å². The largest absolute Gasteiger partial charge is 0.335 e. The third-order valence-corrected chi connectivity index (χ3v) is 3.90. The summed E-state index contributed by atoms with van der Waals surface area (Å²) in [5.74, 6) is -0.128. The Morgan fingerprint density at radius 2 is 2.00 bits per heavy atom. The number of carbonyl (C=O) groups is 1. The van der Waals surface area contributed by atoms with Crippen LogP contribution >= 0.6 is 0 Å². The van der Waals surface area contributed by atoms with Crippen molar-refractivity contribution in [2.24, 2.45) is 0 Å². The molecule has 1 atom stereocenters. The zero-order valence-corrected chi connectivity index (χ0v) is 12.8. The van der Waals surface area contributed by atoms with E-state index in [1.807, 2.05) is 38.1 Å². The smallest absolute Gasteiger partial charge is 0.272 e. The van der Waals surface area contributed by atoms with Gasteiger partial charge >= 0.3 is 0 Å². The maximum absolute atomic E-state index is 12.5. The van der Waals surface area contributed by atoms with Crippen molar-refractivity contribution in [3.8, 4) is 5.69 Å². The van der Waals surface area contributed by atoms with E-state index in [0.717, 1.165) is 17.8 Å². The lowest BCUT2D eigenvalue weighted by Crippen LogP contribution is -2.51. The van der Waals surface area contributed by atoms with Crippen LogP contribution in [0.3, 0.4) is 0 Å². The highest BCUT2D eigenvalue weighted by Gasteiger charge is 2.23. The first kappa shape index (κ1) is 14.6. The molecule has 116 valence electrons. The highest BCUT2D eigenvalue weighted by molar-refractivity contribution is 5.92. The minimum Gasteiger partial charge on any atom is -0.335 e. The molecule has 0 spiro atoms. The van der Waals surface area contributed by atoms with Crippen LogP contribution in [0, 0.1) is 6.92 Å². The summed E-state index contributed by atoms with van der Waals surface area (Å²) in [7, 11) is 0. The number of hydrogen-bond donors (Lipinski definition) is 2. The first-order valence-corrected chi connectivity index (χ1v) is 7.46. The fraction of sp³-hybridized carbons (Fsp3) is 0.375. The number of piperazine rings is 1. The van der Waals surface area contributed by atoms with Gasteiger partial charge in [0.25, 0.3) is 11.5 Å². The second-order valence-electron chi connectivity index (χ2n) is 5.79. The van der Waals surface area contributed by atoms with Crippen molar-refractivity contribution in [2.75, 3.05) is 19.6 Å². The molecule has 1 aliphatic rings. The molecule has 6 heteroatoms. The number of nitrogens with zero attached hydrogens (tertiary/aromatic N) is 2. The quantitative estimate of drug-likeness (QED) is 0.866. The van der Waals surface area contributed by atoms with Gasteiger partial charge in [-0.25, -0.2) is 4.68 Å². The summed E-state index contributed by atoms with van der Waals surface area (Å²) in [4.78, 5) is 26.4. The predicted molar refractivity (Wildman–Crippen MR) is 84.5 cm³/mol. The number of aryl methyl sites for hydroxylation is 1. The van der Waals surface area contributed by atoms with Gasteiger partial charge in [0.2, 0.25) is 0 Å². The van der Waals surface area contributed by atoms with Crippen molar-refractivity contribution < 1.29 is 4.79 Å². The Hall–Kier alpha value is -2.34. The maximum atomic E-state index is 12.5. The van der Waals surface area contributed by atoms with Gasteiger partial charge in [0.15, 0.2) is 0 Å². The number of amides is 1. The van der Waals surface area contributed by atoms with E-state index in [4.69, 9.17) is 0 Å². The summed E-state index contributed by atoms with van der Waals surface area (Å²) >= 11 is 0. The van der Waals surface area contributed by atoms with E-state index >= 15 is 0 Å². The van der Waals surface area contributed by atoms with Gasteiger partial charge in [-0.1, -0.05) is 17.7 Å². The maximum Gasteiger partial charge on any atom is 0.272 e. The third kappa shape index (κ3) is 2.82. The van der Waals surface area contributed by atoms with Gasteiger partial charge < -0.3 is 10.2 Å². The molecule has 1 aromatic heterocycles. The van der Waals surface area contributed by atoms with Crippen LogP contribution in [-0.4, -0.2) is 46.3 Å². The fourth-order valence-electron chi connectivity index (χ4n) is 2.68. The Labute approximate surface area is 128 Å². The van der Waals surface area contributed by atoms with Crippen LogP contribution < -0.4 is 10.9 Å². The average molecular weight is 300 g/mol. The normalized spacial score (nSPS) is 18.5. The molecule has 1 amide bonds. The van der Waals surface area contributed by atoms with Crippen molar-refractivity contribution in [2.45, 2.75) is 19.9 Å². The van der Waals surface area contributed by atoms with E-state index in [1.165, 1.54) is 10.7 Å². The van der Waals surface area contributed by atoms with Crippen LogP contribution in [0.2, 0.25) is 0 Å². The molecule has 22 heavy (non-hydrogen) atoms. The Kier molecular flexibility index (Phi) is 3.85. The van der Waals surface area contributed by atoms with Crippen molar-refractivity contribution >= 4 is 5.91 Å². The molecule has 0 aliphatic carbocycles. The monoisotopic (exact) mass is 300 g/mol. The molecule has 2 heterocycles. The van der Waals surface area contributed by atoms with E-state index in [0.29, 0.717) is 18.8 Å². The van der Waals surface area contributed by atoms with Crippen LogP contribution in [0.5, 0.6) is 0 Å². The number of benzene rings is 1. The van der Waals surface area contributed by atoms with E-state index in [2.05, 4.69) is 10.4 Å². The molecule has 2 N–H and O–H groups in total. The summed E-state index contributed by atoms with van der Waals surface area (Å²) in [6.45, 7) is 6.11. The summed E-state index contributed by atoms with van der Waals surface area (Å²) in [6.07, 6.45) is 0. The summed E-state index contributed by atoms with van der Waals surface area (Å²) in [5.41, 5.74) is 1.95. The molecule has 0 unspecified atom stereocenters. The van der Waals surface area contributed by atoms with Crippen molar-refractivity contribution in [1.82, 2.24) is 20.0 Å². The fourth-order valence-corrected chi connectivity index (χ4v) is 2.68. The second-order valence-corrected chi connectivity index (χ2v) is 5.79. The lowest BCUT2D eigenvalue weighted by Gasteiger charge is -2.31. The van der Waals surface area contributed by atoms with Crippen molar-refractivity contribution in [1.29, 1.82) is 0 Å². The Morgan fingerprint density at radius 1 is 1.27 bits per heavy atom. The van der Waals surface area contributed by atoms with E-state index in [9.17, 15) is 9.59 Å². The van der Waals surface area contributed by atoms with Gasteiger partial charge in [0.1, 0.15) is 5.69 Å². The van der Waals surface area contributed by atoms with Gasteiger partial charge in [-0.15, -0.1) is 0 Å². The number of carbonyl (C=O) groups excluding carboxylic acids is 1. The zero-order valence-electron chi connectivity index (χ0n) is 12.8. The number of rotatable bonds is 2. The molecule has 0 radical (unpaired) electrons. The number of hydrogen-bond acceptors (Lipinski definition) is 3. The number of nitrogens with one attached hydrogen (secondary N) is 2. The lowest BCUT2D eigenvalue weighted by atomic mass is 10.2. The third-order valence-electron chi connectivity index (χ3n) is 3.90. The van der Waals surface area contributed by atoms with Gasteiger partial charge in [-0.2, -0.15) is 0 Å². The van der Waals surface area contributed by atoms with E-state index < -0.39 is 0 Å². The van der Waals surface area contributed by atoms with Gasteiger partial charge in [-0.3, -0.25) is 14.7 Å². The second kappa shape index (κ2) is 5.81.